The van der Waals surface area contributed by atoms with Crippen LogP contribution in [0.2, 0.25) is 9.49 Å². The summed E-state index contributed by atoms with van der Waals surface area (Å²) >= 11 is 12.1. The van der Waals surface area contributed by atoms with E-state index < -0.39 is 22.2 Å². The smallest absolute Gasteiger partial charge is 0.160 e. The van der Waals surface area contributed by atoms with Gasteiger partial charge in [-0.25, -0.2) is 4.98 Å². The van der Waals surface area contributed by atoms with E-state index in [0.717, 1.165) is 6.29 Å². The summed E-state index contributed by atoms with van der Waals surface area (Å²) in [6.45, 7) is 5.60. The molecule has 0 fully saturated rings. The number of rotatable bonds is 5. The summed E-state index contributed by atoms with van der Waals surface area (Å²) in [7, 11) is 0. The Morgan fingerprint density at radius 1 is 1.39 bits per heavy atom. The molecule has 2 unspecified atom stereocenters. The van der Waals surface area contributed by atoms with Crippen molar-refractivity contribution in [1.29, 1.82) is 0 Å². The first-order valence-corrected chi connectivity index (χ1v) is 9.49. The molecule has 0 radical (unpaired) electrons. The molecule has 0 bridgehead atoms. The van der Waals surface area contributed by atoms with Crippen LogP contribution in [0.1, 0.15) is 47.7 Å². The maximum atomic E-state index is 12.5. The lowest BCUT2D eigenvalue weighted by Gasteiger charge is -2.27. The van der Waals surface area contributed by atoms with Crippen LogP contribution in [-0.2, 0) is 11.4 Å². The molecule has 0 aliphatic rings. The first-order chi connectivity index (χ1) is 10.7. The molecule has 2 heterocycles. The molecule has 0 saturated carbocycles. The Morgan fingerprint density at radius 3 is 2.61 bits per heavy atom. The van der Waals surface area contributed by atoms with Crippen molar-refractivity contribution in [3.8, 4) is 0 Å². The monoisotopic (exact) mass is 390 g/mol. The number of hydrogen-bond acceptors (Lipinski definition) is 5. The molecule has 2 aromatic heterocycles. The van der Waals surface area contributed by atoms with Gasteiger partial charge in [0.25, 0.3) is 0 Å². The predicted octanol–water partition coefficient (Wildman–Crippen LogP) is 4.40. The summed E-state index contributed by atoms with van der Waals surface area (Å²) in [6.07, 6.45) is 0.739. The Morgan fingerprint density at radius 2 is 2.09 bits per heavy atom. The number of carbonyl (C=O) groups is 1. The summed E-state index contributed by atoms with van der Waals surface area (Å²) < 4.78 is 15.6. The standard InChI is InChI=1S/C15H16Cl2N2O2S2/c1-15(2,3)23(21)19-13(11-5-4-6-12(16)18-11)10-7-9(8-20)22-14(10)17/h4-8,13,19H,1-3H3. The van der Waals surface area contributed by atoms with Gasteiger partial charge in [0, 0.05) is 16.9 Å². The van der Waals surface area contributed by atoms with Crippen molar-refractivity contribution < 1.29 is 9.35 Å². The zero-order chi connectivity index (χ0) is 17.2. The Labute approximate surface area is 152 Å². The third-order valence-corrected chi connectivity index (χ3v) is 6.06. The zero-order valence-corrected chi connectivity index (χ0v) is 15.9. The average Bonchev–Trinajstić information content (AvgIpc) is 2.84. The molecule has 0 saturated heterocycles. The molecule has 2 aromatic rings. The van der Waals surface area contributed by atoms with Gasteiger partial charge in [-0.05, 0) is 39.0 Å². The van der Waals surface area contributed by atoms with Crippen LogP contribution in [0, 0.1) is 0 Å². The van der Waals surface area contributed by atoms with Crippen molar-refractivity contribution in [3.05, 3.63) is 49.9 Å². The lowest BCUT2D eigenvalue weighted by Crippen LogP contribution is -2.41. The van der Waals surface area contributed by atoms with Crippen LogP contribution in [-0.4, -0.2) is 20.6 Å². The minimum atomic E-state index is -1.35. The number of nitrogens with one attached hydrogen (secondary N) is 1. The molecule has 23 heavy (non-hydrogen) atoms. The number of aromatic nitrogens is 1. The summed E-state index contributed by atoms with van der Waals surface area (Å²) in [5, 5.41) is 0.331. The van der Waals surface area contributed by atoms with Crippen molar-refractivity contribution in [2.75, 3.05) is 0 Å². The third kappa shape index (κ3) is 4.68. The fourth-order valence-electron chi connectivity index (χ4n) is 1.81. The Bertz CT molecular complexity index is 701. The molecule has 0 amide bonds. The SMILES string of the molecule is CC(C)(C)[S+]([O-])NC(c1cccc(Cl)n1)c1cc(C=O)sc1Cl. The molecule has 2 atom stereocenters. The van der Waals surface area contributed by atoms with Gasteiger partial charge in [-0.1, -0.05) is 29.3 Å². The maximum Gasteiger partial charge on any atom is 0.160 e. The predicted molar refractivity (Wildman–Crippen MR) is 96.8 cm³/mol. The van der Waals surface area contributed by atoms with E-state index in [1.165, 1.54) is 11.3 Å². The topological polar surface area (TPSA) is 65.0 Å². The van der Waals surface area contributed by atoms with Gasteiger partial charge in [0.05, 0.1) is 14.9 Å². The molecule has 0 aromatic carbocycles. The minimum absolute atomic E-state index is 0.331. The minimum Gasteiger partial charge on any atom is -0.598 e. The van der Waals surface area contributed by atoms with Crippen LogP contribution < -0.4 is 4.72 Å². The van der Waals surface area contributed by atoms with Gasteiger partial charge < -0.3 is 4.55 Å². The quantitative estimate of drug-likeness (QED) is 0.466. The lowest BCUT2D eigenvalue weighted by atomic mass is 10.1. The summed E-state index contributed by atoms with van der Waals surface area (Å²) in [6, 6.07) is 6.36. The first-order valence-electron chi connectivity index (χ1n) is 6.77. The van der Waals surface area contributed by atoms with Crippen LogP contribution in [0.4, 0.5) is 0 Å². The van der Waals surface area contributed by atoms with Crippen LogP contribution in [0.15, 0.2) is 24.3 Å². The molecule has 0 spiro atoms. The summed E-state index contributed by atoms with van der Waals surface area (Å²) in [5.41, 5.74) is 1.25. The summed E-state index contributed by atoms with van der Waals surface area (Å²) in [4.78, 5) is 15.8. The lowest BCUT2D eigenvalue weighted by molar-refractivity contribution is 0.112. The second-order valence-electron chi connectivity index (χ2n) is 5.81. The number of carbonyl (C=O) groups excluding carboxylic acids is 1. The van der Waals surface area contributed by atoms with Gasteiger partial charge in [-0.2, -0.15) is 0 Å². The largest absolute Gasteiger partial charge is 0.598 e. The van der Waals surface area contributed by atoms with E-state index >= 15 is 0 Å². The highest BCUT2D eigenvalue weighted by Gasteiger charge is 2.32. The van der Waals surface area contributed by atoms with Crippen molar-refractivity contribution >= 4 is 52.2 Å². The fraction of sp³-hybridized carbons (Fsp3) is 0.333. The van der Waals surface area contributed by atoms with E-state index in [2.05, 4.69) is 9.71 Å². The number of pyridine rings is 1. The van der Waals surface area contributed by atoms with Gasteiger partial charge in [-0.15, -0.1) is 16.1 Å². The van der Waals surface area contributed by atoms with Gasteiger partial charge in [0.15, 0.2) is 6.29 Å². The van der Waals surface area contributed by atoms with E-state index in [-0.39, 0.29) is 0 Å². The molecule has 0 aliphatic heterocycles. The average molecular weight is 391 g/mol. The second kappa shape index (κ2) is 7.51. The molecule has 8 heteroatoms. The Balaban J connectivity index is 2.46. The van der Waals surface area contributed by atoms with E-state index in [4.69, 9.17) is 23.2 Å². The van der Waals surface area contributed by atoms with Crippen molar-refractivity contribution in [2.24, 2.45) is 0 Å². The molecule has 124 valence electrons. The Kier molecular flexibility index (Phi) is 6.10. The molecule has 4 nitrogen and oxygen atoms in total. The van der Waals surface area contributed by atoms with Crippen molar-refractivity contribution in [2.45, 2.75) is 31.6 Å². The number of hydrogen-bond donors (Lipinski definition) is 1. The highest BCUT2D eigenvalue weighted by molar-refractivity contribution is 7.90. The van der Waals surface area contributed by atoms with E-state index in [1.807, 2.05) is 20.8 Å². The van der Waals surface area contributed by atoms with Gasteiger partial charge in [0.2, 0.25) is 0 Å². The maximum absolute atomic E-state index is 12.5. The number of nitrogens with zero attached hydrogens (tertiary/aromatic N) is 1. The van der Waals surface area contributed by atoms with Gasteiger partial charge >= 0.3 is 0 Å². The highest BCUT2D eigenvalue weighted by Crippen LogP contribution is 2.35. The van der Waals surface area contributed by atoms with Crippen molar-refractivity contribution in [1.82, 2.24) is 9.71 Å². The zero-order valence-electron chi connectivity index (χ0n) is 12.8. The van der Waals surface area contributed by atoms with Crippen LogP contribution in [0.25, 0.3) is 0 Å². The van der Waals surface area contributed by atoms with E-state index in [0.29, 0.717) is 25.6 Å². The highest BCUT2D eigenvalue weighted by atomic mass is 35.5. The molecule has 2 rings (SSSR count). The van der Waals surface area contributed by atoms with Gasteiger partial charge in [-0.3, -0.25) is 4.79 Å². The van der Waals surface area contributed by atoms with E-state index in [1.54, 1.807) is 24.3 Å². The van der Waals surface area contributed by atoms with Gasteiger partial charge in [0.1, 0.15) is 15.9 Å². The number of halogens is 2. The van der Waals surface area contributed by atoms with Crippen LogP contribution >= 0.6 is 34.5 Å². The molecule has 0 aliphatic carbocycles. The Hall–Kier alpha value is -0.630. The first kappa shape index (κ1) is 18.7. The molecule has 1 N–H and O–H groups in total. The van der Waals surface area contributed by atoms with Crippen LogP contribution in [0.5, 0.6) is 0 Å². The van der Waals surface area contributed by atoms with E-state index in [9.17, 15) is 9.35 Å². The number of aldehydes is 1. The van der Waals surface area contributed by atoms with Crippen molar-refractivity contribution in [3.63, 3.8) is 0 Å². The fourth-order valence-corrected chi connectivity index (χ4v) is 3.96. The summed E-state index contributed by atoms with van der Waals surface area (Å²) in [5.74, 6) is 0. The normalized spacial score (nSPS) is 14.5. The van der Waals surface area contributed by atoms with Crippen LogP contribution in [0.3, 0.4) is 0 Å². The second-order valence-corrected chi connectivity index (χ2v) is 9.88. The molecular weight excluding hydrogens is 375 g/mol. The molecular formula is C15H16Cl2N2O2S2. The number of thiophene rings is 1. The third-order valence-electron chi connectivity index (χ3n) is 2.97.